The van der Waals surface area contributed by atoms with Crippen LogP contribution < -0.4 is 11.1 Å². The zero-order chi connectivity index (χ0) is 12.7. The predicted octanol–water partition coefficient (Wildman–Crippen LogP) is -0.303. The van der Waals surface area contributed by atoms with E-state index in [-0.39, 0.29) is 12.5 Å². The first-order chi connectivity index (χ1) is 7.32. The Bertz CT molecular complexity index is 277. The molecule has 0 unspecified atom stereocenters. The molecule has 0 aromatic rings. The van der Waals surface area contributed by atoms with Gasteiger partial charge in [-0.3, -0.25) is 4.79 Å². The molecular formula is C9H16N2O5. The smallest absolute Gasteiger partial charge is 0.407 e. The monoisotopic (exact) mass is 232 g/mol. The van der Waals surface area contributed by atoms with E-state index >= 15 is 0 Å². The molecule has 92 valence electrons. The van der Waals surface area contributed by atoms with Crippen LogP contribution in [0.25, 0.3) is 0 Å². The summed E-state index contributed by atoms with van der Waals surface area (Å²) in [6.45, 7) is 3.85. The van der Waals surface area contributed by atoms with E-state index in [0.717, 1.165) is 0 Å². The summed E-state index contributed by atoms with van der Waals surface area (Å²) in [5, 5.41) is 10.7. The molecule has 0 aliphatic heterocycles. The molecule has 0 fully saturated rings. The lowest BCUT2D eigenvalue weighted by Gasteiger charge is -2.13. The van der Waals surface area contributed by atoms with Gasteiger partial charge in [-0.1, -0.05) is 13.8 Å². The van der Waals surface area contributed by atoms with Crippen LogP contribution in [0.4, 0.5) is 4.79 Å². The van der Waals surface area contributed by atoms with Gasteiger partial charge in [-0.15, -0.1) is 0 Å². The lowest BCUT2D eigenvalue weighted by Crippen LogP contribution is -2.43. The van der Waals surface area contributed by atoms with Crippen molar-refractivity contribution in [3.8, 4) is 0 Å². The summed E-state index contributed by atoms with van der Waals surface area (Å²) in [5.41, 5.74) is 4.83. The third-order valence-electron chi connectivity index (χ3n) is 1.54. The molecule has 16 heavy (non-hydrogen) atoms. The third-order valence-corrected chi connectivity index (χ3v) is 1.54. The molecule has 0 bridgehead atoms. The van der Waals surface area contributed by atoms with Crippen molar-refractivity contribution < 1.29 is 24.2 Å². The van der Waals surface area contributed by atoms with E-state index in [1.165, 1.54) is 0 Å². The van der Waals surface area contributed by atoms with Gasteiger partial charge < -0.3 is 20.9 Å². The second kappa shape index (κ2) is 6.65. The number of nitrogens with two attached hydrogens (primary N) is 1. The highest BCUT2D eigenvalue weighted by molar-refractivity contribution is 5.86. The standard InChI is InChI=1S/C9H16N2O5/c1-5(2)4-16-9(15)11-6(8(13)14)3-7(10)12/h5-6H,3-4H2,1-2H3,(H2,10,12)(H,11,15)(H,13,14)/t6-/m1/s1. The van der Waals surface area contributed by atoms with E-state index in [9.17, 15) is 14.4 Å². The molecule has 0 rings (SSSR count). The zero-order valence-electron chi connectivity index (χ0n) is 9.23. The Hall–Kier alpha value is -1.79. The summed E-state index contributed by atoms with van der Waals surface area (Å²) in [7, 11) is 0. The summed E-state index contributed by atoms with van der Waals surface area (Å²) in [6, 6.07) is -1.35. The van der Waals surface area contributed by atoms with E-state index in [1.807, 2.05) is 19.2 Å². The van der Waals surface area contributed by atoms with Crippen LogP contribution in [-0.4, -0.2) is 35.7 Å². The van der Waals surface area contributed by atoms with E-state index < -0.39 is 30.4 Å². The summed E-state index contributed by atoms with van der Waals surface area (Å²) in [5.74, 6) is -2.00. The molecule has 0 saturated heterocycles. The van der Waals surface area contributed by atoms with E-state index in [2.05, 4.69) is 0 Å². The number of aliphatic carboxylic acids is 1. The maximum Gasteiger partial charge on any atom is 0.407 e. The minimum Gasteiger partial charge on any atom is -0.480 e. The number of alkyl carbamates (subject to hydrolysis) is 1. The molecule has 0 saturated carbocycles. The molecular weight excluding hydrogens is 216 g/mol. The Balaban J connectivity index is 4.13. The van der Waals surface area contributed by atoms with Gasteiger partial charge in [0.05, 0.1) is 13.0 Å². The highest BCUT2D eigenvalue weighted by Gasteiger charge is 2.22. The second-order valence-corrected chi connectivity index (χ2v) is 3.70. The number of ether oxygens (including phenoxy) is 1. The Morgan fingerprint density at radius 3 is 2.31 bits per heavy atom. The number of carboxylic acid groups (broad SMARTS) is 1. The average molecular weight is 232 g/mol. The Labute approximate surface area is 92.9 Å². The average Bonchev–Trinajstić information content (AvgIpc) is 2.12. The number of carboxylic acids is 1. The van der Waals surface area contributed by atoms with Gasteiger partial charge >= 0.3 is 12.1 Å². The van der Waals surface area contributed by atoms with Crippen LogP contribution in [0.1, 0.15) is 20.3 Å². The number of carbonyl (C=O) groups excluding carboxylic acids is 2. The van der Waals surface area contributed by atoms with Crippen LogP contribution >= 0.6 is 0 Å². The van der Waals surface area contributed by atoms with Crippen LogP contribution in [0.5, 0.6) is 0 Å². The highest BCUT2D eigenvalue weighted by atomic mass is 16.5. The van der Waals surface area contributed by atoms with Crippen LogP contribution in [0, 0.1) is 5.92 Å². The third kappa shape index (κ3) is 6.63. The van der Waals surface area contributed by atoms with Crippen LogP contribution in [0.2, 0.25) is 0 Å². The molecule has 2 amide bonds. The number of nitrogens with one attached hydrogen (secondary N) is 1. The molecule has 1 atom stereocenters. The molecule has 7 nitrogen and oxygen atoms in total. The second-order valence-electron chi connectivity index (χ2n) is 3.70. The molecule has 0 aliphatic rings. The zero-order valence-corrected chi connectivity index (χ0v) is 9.23. The van der Waals surface area contributed by atoms with Gasteiger partial charge in [-0.05, 0) is 5.92 Å². The summed E-state index contributed by atoms with van der Waals surface area (Å²) >= 11 is 0. The SMILES string of the molecule is CC(C)COC(=O)N[C@H](CC(N)=O)C(=O)O. The minimum absolute atomic E-state index is 0.144. The number of rotatable bonds is 6. The van der Waals surface area contributed by atoms with Gasteiger partial charge in [-0.2, -0.15) is 0 Å². The Morgan fingerprint density at radius 2 is 1.94 bits per heavy atom. The molecule has 0 aliphatic carbocycles. The van der Waals surface area contributed by atoms with Crippen LogP contribution in [0.3, 0.4) is 0 Å². The largest absolute Gasteiger partial charge is 0.480 e. The number of hydrogen-bond donors (Lipinski definition) is 3. The molecule has 4 N–H and O–H groups in total. The van der Waals surface area contributed by atoms with Gasteiger partial charge in [0, 0.05) is 0 Å². The Kier molecular flexibility index (Phi) is 5.91. The summed E-state index contributed by atoms with van der Waals surface area (Å²) < 4.78 is 4.70. The van der Waals surface area contributed by atoms with Crippen molar-refractivity contribution in [2.75, 3.05) is 6.61 Å². The number of hydrogen-bond acceptors (Lipinski definition) is 4. The van der Waals surface area contributed by atoms with Gasteiger partial charge in [-0.25, -0.2) is 9.59 Å². The fraction of sp³-hybridized carbons (Fsp3) is 0.667. The fourth-order valence-corrected chi connectivity index (χ4v) is 0.828. The van der Waals surface area contributed by atoms with Gasteiger partial charge in [0.1, 0.15) is 6.04 Å². The molecule has 0 heterocycles. The normalized spacial score (nSPS) is 11.9. The first-order valence-corrected chi connectivity index (χ1v) is 4.77. The topological polar surface area (TPSA) is 119 Å². The van der Waals surface area contributed by atoms with Gasteiger partial charge in [0.15, 0.2) is 0 Å². The molecule has 0 aromatic heterocycles. The van der Waals surface area contributed by atoms with E-state index in [4.69, 9.17) is 15.6 Å². The van der Waals surface area contributed by atoms with E-state index in [0.29, 0.717) is 0 Å². The van der Waals surface area contributed by atoms with Crippen molar-refractivity contribution in [3.05, 3.63) is 0 Å². The van der Waals surface area contributed by atoms with Crippen LogP contribution in [-0.2, 0) is 14.3 Å². The van der Waals surface area contributed by atoms with Crippen molar-refractivity contribution in [3.63, 3.8) is 0 Å². The first kappa shape index (κ1) is 14.2. The Morgan fingerprint density at radius 1 is 1.38 bits per heavy atom. The number of carbonyl (C=O) groups is 3. The molecule has 0 spiro atoms. The maximum atomic E-state index is 11.1. The summed E-state index contributed by atoms with van der Waals surface area (Å²) in [4.78, 5) is 32.3. The van der Waals surface area contributed by atoms with Crippen molar-refractivity contribution in [1.29, 1.82) is 0 Å². The molecule has 0 aromatic carbocycles. The maximum absolute atomic E-state index is 11.1. The van der Waals surface area contributed by atoms with Gasteiger partial charge in [0.25, 0.3) is 0 Å². The lowest BCUT2D eigenvalue weighted by atomic mass is 10.2. The number of amides is 2. The highest BCUT2D eigenvalue weighted by Crippen LogP contribution is 1.96. The van der Waals surface area contributed by atoms with Crippen molar-refractivity contribution in [2.24, 2.45) is 11.7 Å². The predicted molar refractivity (Wildman–Crippen MR) is 54.6 cm³/mol. The minimum atomic E-state index is -1.35. The van der Waals surface area contributed by atoms with Crippen LogP contribution in [0.15, 0.2) is 0 Å². The molecule has 7 heteroatoms. The summed E-state index contributed by atoms with van der Waals surface area (Å²) in [6.07, 6.45) is -1.34. The fourth-order valence-electron chi connectivity index (χ4n) is 0.828. The van der Waals surface area contributed by atoms with E-state index in [1.54, 1.807) is 0 Å². The quantitative estimate of drug-likeness (QED) is 0.580. The first-order valence-electron chi connectivity index (χ1n) is 4.77. The lowest BCUT2D eigenvalue weighted by molar-refractivity contribution is -0.141. The van der Waals surface area contributed by atoms with Crippen molar-refractivity contribution in [1.82, 2.24) is 5.32 Å². The number of primary amides is 1. The van der Waals surface area contributed by atoms with Crippen molar-refractivity contribution in [2.45, 2.75) is 26.3 Å². The van der Waals surface area contributed by atoms with Crippen molar-refractivity contribution >= 4 is 18.0 Å². The van der Waals surface area contributed by atoms with Gasteiger partial charge in [0.2, 0.25) is 5.91 Å². The molecule has 0 radical (unpaired) electrons.